The summed E-state index contributed by atoms with van der Waals surface area (Å²) in [6.07, 6.45) is 0. The molecule has 0 aromatic heterocycles. The van der Waals surface area contributed by atoms with Gasteiger partial charge in [-0.3, -0.25) is 14.9 Å². The number of amides is 1. The Balaban J connectivity index is 2.41. The van der Waals surface area contributed by atoms with Gasteiger partial charge in [0.1, 0.15) is 0 Å². The molecule has 0 aliphatic rings. The SMILES string of the molecule is O=C(Nc1c(F)cccc1[N+](=O)[O-])c1cc(Cl)ccc1I. The van der Waals surface area contributed by atoms with Gasteiger partial charge in [0, 0.05) is 14.7 Å². The fourth-order valence-electron chi connectivity index (χ4n) is 1.64. The highest BCUT2D eigenvalue weighted by Crippen LogP contribution is 2.28. The molecule has 0 bridgehead atoms. The average Bonchev–Trinajstić information content (AvgIpc) is 2.43. The smallest absolute Gasteiger partial charge is 0.295 e. The molecule has 108 valence electrons. The van der Waals surface area contributed by atoms with Gasteiger partial charge in [-0.1, -0.05) is 17.7 Å². The zero-order valence-corrected chi connectivity index (χ0v) is 13.2. The summed E-state index contributed by atoms with van der Waals surface area (Å²) in [7, 11) is 0. The number of anilines is 1. The summed E-state index contributed by atoms with van der Waals surface area (Å²) >= 11 is 7.73. The summed E-state index contributed by atoms with van der Waals surface area (Å²) in [5.74, 6) is -1.55. The maximum absolute atomic E-state index is 13.7. The van der Waals surface area contributed by atoms with Crippen molar-refractivity contribution >= 4 is 51.5 Å². The standard InChI is InChI=1S/C13H7ClFIN2O3/c14-7-4-5-10(16)8(6-7)13(19)17-12-9(15)2-1-3-11(12)18(20)21/h1-6H,(H,17,19). The zero-order chi connectivity index (χ0) is 15.6. The van der Waals surface area contributed by atoms with Crippen molar-refractivity contribution in [2.45, 2.75) is 0 Å². The van der Waals surface area contributed by atoms with Crippen LogP contribution in [0.5, 0.6) is 0 Å². The molecular formula is C13H7ClFIN2O3. The third-order valence-electron chi connectivity index (χ3n) is 2.60. The minimum atomic E-state index is -0.880. The highest BCUT2D eigenvalue weighted by molar-refractivity contribution is 14.1. The third kappa shape index (κ3) is 3.48. The second-order valence-electron chi connectivity index (χ2n) is 3.97. The molecule has 2 aromatic carbocycles. The molecule has 0 aliphatic carbocycles. The number of nitrogens with one attached hydrogen (secondary N) is 1. The van der Waals surface area contributed by atoms with E-state index >= 15 is 0 Å². The molecule has 0 saturated carbocycles. The quantitative estimate of drug-likeness (QED) is 0.458. The summed E-state index contributed by atoms with van der Waals surface area (Å²) < 4.78 is 14.3. The lowest BCUT2D eigenvalue weighted by Crippen LogP contribution is -2.15. The number of hydrogen-bond acceptors (Lipinski definition) is 3. The Morgan fingerprint density at radius 2 is 2.05 bits per heavy atom. The summed E-state index contributed by atoms with van der Waals surface area (Å²) in [4.78, 5) is 22.3. The van der Waals surface area contributed by atoms with Gasteiger partial charge in [-0.25, -0.2) is 4.39 Å². The van der Waals surface area contributed by atoms with Gasteiger partial charge < -0.3 is 5.32 Å². The van der Waals surface area contributed by atoms with Crippen LogP contribution in [0.4, 0.5) is 15.8 Å². The van der Waals surface area contributed by atoms with Gasteiger partial charge in [0.05, 0.1) is 10.5 Å². The van der Waals surface area contributed by atoms with E-state index in [1.807, 2.05) is 22.6 Å². The first-order valence-corrected chi connectivity index (χ1v) is 7.05. The second kappa shape index (κ2) is 6.35. The predicted octanol–water partition coefficient (Wildman–Crippen LogP) is 4.24. The lowest BCUT2D eigenvalue weighted by Gasteiger charge is -2.08. The number of halogens is 3. The summed E-state index contributed by atoms with van der Waals surface area (Å²) in [5.41, 5.74) is -0.774. The first kappa shape index (κ1) is 15.6. The number of rotatable bonds is 3. The highest BCUT2D eigenvalue weighted by Gasteiger charge is 2.21. The number of nitro groups is 1. The second-order valence-corrected chi connectivity index (χ2v) is 5.57. The Kier molecular flexibility index (Phi) is 4.73. The van der Waals surface area contributed by atoms with E-state index in [1.165, 1.54) is 12.1 Å². The number of para-hydroxylation sites is 1. The molecule has 1 N–H and O–H groups in total. The predicted molar refractivity (Wildman–Crippen MR) is 85.2 cm³/mol. The van der Waals surface area contributed by atoms with Gasteiger partial charge in [-0.15, -0.1) is 0 Å². The van der Waals surface area contributed by atoms with Crippen LogP contribution in [0.25, 0.3) is 0 Å². The average molecular weight is 421 g/mol. The molecule has 2 rings (SSSR count). The molecule has 21 heavy (non-hydrogen) atoms. The number of benzene rings is 2. The van der Waals surface area contributed by atoms with Crippen molar-refractivity contribution in [2.24, 2.45) is 0 Å². The van der Waals surface area contributed by atoms with E-state index in [0.29, 0.717) is 8.59 Å². The summed E-state index contributed by atoms with van der Waals surface area (Å²) in [6, 6.07) is 7.98. The van der Waals surface area contributed by atoms with Crippen molar-refractivity contribution < 1.29 is 14.1 Å². The van der Waals surface area contributed by atoms with E-state index in [2.05, 4.69) is 5.32 Å². The summed E-state index contributed by atoms with van der Waals surface area (Å²) in [5, 5.41) is 13.4. The number of nitro benzene ring substituents is 1. The van der Waals surface area contributed by atoms with Gasteiger partial charge in [-0.2, -0.15) is 0 Å². The van der Waals surface area contributed by atoms with Crippen LogP contribution < -0.4 is 5.32 Å². The molecule has 0 fully saturated rings. The monoisotopic (exact) mass is 420 g/mol. The molecule has 1 amide bonds. The van der Waals surface area contributed by atoms with Crippen molar-refractivity contribution in [3.63, 3.8) is 0 Å². The van der Waals surface area contributed by atoms with E-state index in [1.54, 1.807) is 12.1 Å². The molecule has 0 spiro atoms. The Labute approximate surface area is 137 Å². The van der Waals surface area contributed by atoms with E-state index in [-0.39, 0.29) is 5.56 Å². The minimum absolute atomic E-state index is 0.209. The van der Waals surface area contributed by atoms with Crippen LogP contribution >= 0.6 is 34.2 Å². The molecular weight excluding hydrogens is 414 g/mol. The number of carbonyl (C=O) groups is 1. The molecule has 0 unspecified atom stereocenters. The molecule has 0 heterocycles. The van der Waals surface area contributed by atoms with Crippen molar-refractivity contribution in [3.8, 4) is 0 Å². The third-order valence-corrected chi connectivity index (χ3v) is 3.78. The van der Waals surface area contributed by atoms with Gasteiger partial charge in [0.25, 0.3) is 11.6 Å². The molecule has 0 aliphatic heterocycles. The molecule has 0 radical (unpaired) electrons. The van der Waals surface area contributed by atoms with Crippen LogP contribution in [0.2, 0.25) is 5.02 Å². The lowest BCUT2D eigenvalue weighted by atomic mass is 10.2. The zero-order valence-electron chi connectivity index (χ0n) is 10.3. The van der Waals surface area contributed by atoms with Crippen LogP contribution in [0.1, 0.15) is 10.4 Å². The largest absolute Gasteiger partial charge is 0.314 e. The first-order valence-electron chi connectivity index (χ1n) is 5.59. The molecule has 2 aromatic rings. The molecule has 0 atom stereocenters. The fourth-order valence-corrected chi connectivity index (χ4v) is 2.39. The molecule has 0 saturated heterocycles. The molecule has 8 heteroatoms. The van der Waals surface area contributed by atoms with E-state index < -0.39 is 28.0 Å². The van der Waals surface area contributed by atoms with Crippen LogP contribution in [0.3, 0.4) is 0 Å². The van der Waals surface area contributed by atoms with E-state index in [9.17, 15) is 19.3 Å². The van der Waals surface area contributed by atoms with Crippen molar-refractivity contribution in [2.75, 3.05) is 5.32 Å². The summed E-state index contributed by atoms with van der Waals surface area (Å²) in [6.45, 7) is 0. The van der Waals surface area contributed by atoms with Crippen LogP contribution in [-0.4, -0.2) is 10.8 Å². The number of carbonyl (C=O) groups excluding carboxylic acids is 1. The van der Waals surface area contributed by atoms with E-state index in [0.717, 1.165) is 12.1 Å². The first-order chi connectivity index (χ1) is 9.90. The Morgan fingerprint density at radius 1 is 1.33 bits per heavy atom. The Hall–Kier alpha value is -1.74. The lowest BCUT2D eigenvalue weighted by molar-refractivity contribution is -0.384. The van der Waals surface area contributed by atoms with Gasteiger partial charge in [0.15, 0.2) is 11.5 Å². The fraction of sp³-hybridized carbons (Fsp3) is 0. The normalized spacial score (nSPS) is 10.2. The Bertz CT molecular complexity index is 739. The van der Waals surface area contributed by atoms with Crippen molar-refractivity contribution in [3.05, 3.63) is 66.5 Å². The van der Waals surface area contributed by atoms with Gasteiger partial charge in [-0.05, 0) is 46.9 Å². The van der Waals surface area contributed by atoms with Crippen LogP contribution in [-0.2, 0) is 0 Å². The highest BCUT2D eigenvalue weighted by atomic mass is 127. The van der Waals surface area contributed by atoms with Crippen LogP contribution in [0.15, 0.2) is 36.4 Å². The van der Waals surface area contributed by atoms with Gasteiger partial charge >= 0.3 is 0 Å². The van der Waals surface area contributed by atoms with Crippen LogP contribution in [0, 0.1) is 19.5 Å². The van der Waals surface area contributed by atoms with Crippen molar-refractivity contribution in [1.29, 1.82) is 0 Å². The topological polar surface area (TPSA) is 72.2 Å². The minimum Gasteiger partial charge on any atom is -0.314 e. The van der Waals surface area contributed by atoms with Crippen molar-refractivity contribution in [1.82, 2.24) is 0 Å². The molecule has 5 nitrogen and oxygen atoms in total. The maximum atomic E-state index is 13.7. The number of nitrogens with zero attached hydrogens (tertiary/aromatic N) is 1. The number of hydrogen-bond donors (Lipinski definition) is 1. The maximum Gasteiger partial charge on any atom is 0.295 e. The van der Waals surface area contributed by atoms with Gasteiger partial charge in [0.2, 0.25) is 0 Å². The van der Waals surface area contributed by atoms with E-state index in [4.69, 9.17) is 11.6 Å². The Morgan fingerprint density at radius 3 is 2.71 bits per heavy atom.